The van der Waals surface area contributed by atoms with E-state index in [9.17, 15) is 30.0 Å². The number of aliphatic hydroxyl groups excluding tert-OH is 4. The summed E-state index contributed by atoms with van der Waals surface area (Å²) >= 11 is 0.866. The molecule has 5 atom stereocenters. The van der Waals surface area contributed by atoms with Crippen molar-refractivity contribution in [2.24, 2.45) is 0 Å². The molecule has 0 amide bonds. The van der Waals surface area contributed by atoms with E-state index in [0.29, 0.717) is 5.56 Å². The van der Waals surface area contributed by atoms with Crippen molar-refractivity contribution in [2.75, 3.05) is 24.3 Å². The van der Waals surface area contributed by atoms with Crippen molar-refractivity contribution >= 4 is 33.8 Å². The van der Waals surface area contributed by atoms with Crippen LogP contribution < -0.4 is 11.1 Å². The molecule has 1 aliphatic rings. The number of nitrogens with two attached hydrogens (primary N) is 1. The molecule has 0 bridgehead atoms. The summed E-state index contributed by atoms with van der Waals surface area (Å²) in [6.07, 6.45) is -7.20. The van der Waals surface area contributed by atoms with Crippen LogP contribution in [0.5, 0.6) is 0 Å². The molecule has 1 aromatic heterocycles. The molecule has 2 heterocycles. The lowest BCUT2D eigenvalue weighted by Crippen LogP contribution is -2.60. The van der Waals surface area contributed by atoms with Gasteiger partial charge in [0.05, 0.1) is 18.9 Å². The van der Waals surface area contributed by atoms with E-state index in [1.807, 2.05) is 0 Å². The summed E-state index contributed by atoms with van der Waals surface area (Å²) in [5.74, 6) is -1.19. The molecule has 0 aliphatic carbocycles. The van der Waals surface area contributed by atoms with Gasteiger partial charge in [0.2, 0.25) is 5.78 Å². The Kier molecular flexibility index (Phi) is 7.26. The van der Waals surface area contributed by atoms with Crippen LogP contribution in [0.2, 0.25) is 0 Å². The number of anilines is 2. The van der Waals surface area contributed by atoms with Crippen LogP contribution in [-0.2, 0) is 9.47 Å². The van der Waals surface area contributed by atoms with Gasteiger partial charge in [-0.1, -0.05) is 30.3 Å². The molecule has 2 aromatic rings. The van der Waals surface area contributed by atoms with Crippen molar-refractivity contribution in [3.05, 3.63) is 46.3 Å². The predicted octanol–water partition coefficient (Wildman–Crippen LogP) is -0.0502. The first-order valence-electron chi connectivity index (χ1n) is 9.56. The second-order valence-electron chi connectivity index (χ2n) is 6.86. The Hall–Kier alpha value is -2.54. The zero-order chi connectivity index (χ0) is 22.7. The highest BCUT2D eigenvalue weighted by Crippen LogP contribution is 2.39. The number of hydrogen-bond acceptors (Lipinski definition) is 11. The van der Waals surface area contributed by atoms with Gasteiger partial charge in [0, 0.05) is 5.56 Å². The minimum Gasteiger partial charge on any atom is -0.462 e. The molecule has 0 saturated carbocycles. The van der Waals surface area contributed by atoms with Gasteiger partial charge in [-0.2, -0.15) is 0 Å². The minimum atomic E-state index is -1.61. The van der Waals surface area contributed by atoms with Gasteiger partial charge in [-0.25, -0.2) is 4.79 Å². The maximum atomic E-state index is 12.9. The molecule has 11 heteroatoms. The maximum absolute atomic E-state index is 12.9. The Morgan fingerprint density at radius 1 is 1.16 bits per heavy atom. The zero-order valence-electron chi connectivity index (χ0n) is 16.6. The van der Waals surface area contributed by atoms with Crippen LogP contribution in [0.15, 0.2) is 30.3 Å². The molecule has 3 rings (SSSR count). The molecule has 168 valence electrons. The second kappa shape index (κ2) is 9.73. The summed E-state index contributed by atoms with van der Waals surface area (Å²) in [5, 5.41) is 42.4. The molecule has 1 fully saturated rings. The van der Waals surface area contributed by atoms with Crippen LogP contribution in [0.4, 0.5) is 10.7 Å². The molecule has 0 radical (unpaired) electrons. The molecule has 1 saturated heterocycles. The number of aliphatic hydroxyl groups is 4. The Balaban J connectivity index is 1.98. The lowest BCUT2D eigenvalue weighted by atomic mass is 9.98. The van der Waals surface area contributed by atoms with E-state index in [1.54, 1.807) is 37.3 Å². The third kappa shape index (κ3) is 4.56. The van der Waals surface area contributed by atoms with Gasteiger partial charge < -0.3 is 41.0 Å². The van der Waals surface area contributed by atoms with Crippen molar-refractivity contribution in [3.63, 3.8) is 0 Å². The lowest BCUT2D eigenvalue weighted by Gasteiger charge is -2.40. The SMILES string of the molecule is CCOC(=O)c1c(N[C@@H]2OC(CO)[C@@H](O)C(O)C2O)sc(C(=O)c2ccccc2)c1N. The first kappa shape index (κ1) is 23.1. The first-order chi connectivity index (χ1) is 14.8. The van der Waals surface area contributed by atoms with E-state index in [0.717, 1.165) is 11.3 Å². The molecular weight excluding hydrogens is 428 g/mol. The number of carbonyl (C=O) groups excluding carboxylic acids is 2. The standard InChI is InChI=1S/C20H24N2O8S/c1-2-29-20(28)11-12(21)17(13(24)9-6-4-3-5-7-9)31-19(11)22-18-16(27)15(26)14(25)10(8-23)30-18/h3-7,10,14-16,18,22-23,25-27H,2,8,21H2,1H3/t10?,14-,15?,16?,18-/m1/s1. The molecule has 3 unspecified atom stereocenters. The van der Waals surface area contributed by atoms with Crippen LogP contribution in [0.25, 0.3) is 0 Å². The molecule has 1 aliphatic heterocycles. The number of esters is 1. The van der Waals surface area contributed by atoms with Crippen molar-refractivity contribution < 1.29 is 39.5 Å². The van der Waals surface area contributed by atoms with Gasteiger partial charge in [-0.15, -0.1) is 11.3 Å². The number of hydrogen-bond donors (Lipinski definition) is 6. The third-order valence-corrected chi connectivity index (χ3v) is 5.97. The maximum Gasteiger partial charge on any atom is 0.343 e. The van der Waals surface area contributed by atoms with Crippen molar-refractivity contribution in [1.82, 2.24) is 0 Å². The number of nitrogens with one attached hydrogen (secondary N) is 1. The average molecular weight is 452 g/mol. The van der Waals surface area contributed by atoms with E-state index in [2.05, 4.69) is 5.32 Å². The van der Waals surface area contributed by atoms with Gasteiger partial charge in [0.1, 0.15) is 39.9 Å². The number of rotatable bonds is 7. The summed E-state index contributed by atoms with van der Waals surface area (Å²) in [5.41, 5.74) is 6.30. The summed E-state index contributed by atoms with van der Waals surface area (Å²) in [6, 6.07) is 8.35. The molecule has 7 N–H and O–H groups in total. The summed E-state index contributed by atoms with van der Waals surface area (Å²) in [4.78, 5) is 25.6. The van der Waals surface area contributed by atoms with Gasteiger partial charge in [-0.3, -0.25) is 4.79 Å². The fraction of sp³-hybridized carbons (Fsp3) is 0.400. The summed E-state index contributed by atoms with van der Waals surface area (Å²) in [6.45, 7) is 1.06. The van der Waals surface area contributed by atoms with E-state index >= 15 is 0 Å². The number of thiophene rings is 1. The molecule has 31 heavy (non-hydrogen) atoms. The van der Waals surface area contributed by atoms with Crippen LogP contribution in [0, 0.1) is 0 Å². The fourth-order valence-corrected chi connectivity index (χ4v) is 4.29. The van der Waals surface area contributed by atoms with Gasteiger partial charge in [-0.05, 0) is 6.92 Å². The van der Waals surface area contributed by atoms with Crippen LogP contribution in [-0.4, -0.2) is 76.0 Å². The highest BCUT2D eigenvalue weighted by atomic mass is 32.1. The largest absolute Gasteiger partial charge is 0.462 e. The van der Waals surface area contributed by atoms with Crippen molar-refractivity contribution in [1.29, 1.82) is 0 Å². The fourth-order valence-electron chi connectivity index (χ4n) is 3.19. The number of carbonyl (C=O) groups is 2. The van der Waals surface area contributed by atoms with Crippen molar-refractivity contribution in [2.45, 2.75) is 37.6 Å². The monoisotopic (exact) mass is 452 g/mol. The Morgan fingerprint density at radius 2 is 1.84 bits per heavy atom. The number of ketones is 1. The van der Waals surface area contributed by atoms with Gasteiger partial charge >= 0.3 is 5.97 Å². The molecule has 0 spiro atoms. The quantitative estimate of drug-likeness (QED) is 0.247. The Labute approximate surface area is 181 Å². The number of benzene rings is 1. The molecule has 10 nitrogen and oxygen atoms in total. The highest BCUT2D eigenvalue weighted by molar-refractivity contribution is 7.19. The summed E-state index contributed by atoms with van der Waals surface area (Å²) in [7, 11) is 0. The van der Waals surface area contributed by atoms with Crippen LogP contribution >= 0.6 is 11.3 Å². The van der Waals surface area contributed by atoms with Crippen LogP contribution in [0.1, 0.15) is 32.5 Å². The smallest absolute Gasteiger partial charge is 0.343 e. The van der Waals surface area contributed by atoms with E-state index < -0.39 is 49.0 Å². The Morgan fingerprint density at radius 3 is 2.45 bits per heavy atom. The topological polar surface area (TPSA) is 172 Å². The van der Waals surface area contributed by atoms with Crippen molar-refractivity contribution in [3.8, 4) is 0 Å². The number of nitrogen functional groups attached to an aromatic ring is 1. The molecular formula is C20H24N2O8S. The predicted molar refractivity (Wildman–Crippen MR) is 112 cm³/mol. The van der Waals surface area contributed by atoms with E-state index in [-0.39, 0.29) is 27.7 Å². The first-order valence-corrected chi connectivity index (χ1v) is 10.4. The highest BCUT2D eigenvalue weighted by Gasteiger charge is 2.44. The molecule has 1 aromatic carbocycles. The van der Waals surface area contributed by atoms with Crippen LogP contribution in [0.3, 0.4) is 0 Å². The van der Waals surface area contributed by atoms with E-state index in [1.165, 1.54) is 0 Å². The van der Waals surface area contributed by atoms with Gasteiger partial charge in [0.15, 0.2) is 6.23 Å². The Bertz CT molecular complexity index is 933. The third-order valence-electron chi connectivity index (χ3n) is 4.83. The normalized spacial score (nSPS) is 25.8. The lowest BCUT2D eigenvalue weighted by molar-refractivity contribution is -0.221. The average Bonchev–Trinajstić information content (AvgIpc) is 3.10. The summed E-state index contributed by atoms with van der Waals surface area (Å²) < 4.78 is 10.5. The second-order valence-corrected chi connectivity index (χ2v) is 7.88. The zero-order valence-corrected chi connectivity index (χ0v) is 17.4. The minimum absolute atomic E-state index is 0.0651. The van der Waals surface area contributed by atoms with E-state index in [4.69, 9.17) is 15.2 Å². The van der Waals surface area contributed by atoms with Gasteiger partial charge in [0.25, 0.3) is 0 Å². The number of ether oxygens (including phenoxy) is 2.